The van der Waals surface area contributed by atoms with E-state index in [-0.39, 0.29) is 18.8 Å². The van der Waals surface area contributed by atoms with Crippen LogP contribution in [-0.2, 0) is 6.54 Å². The molecule has 0 aromatic carbocycles. The van der Waals surface area contributed by atoms with Crippen LogP contribution in [0.3, 0.4) is 0 Å². The van der Waals surface area contributed by atoms with Gasteiger partial charge in [-0.15, -0.1) is 0 Å². The highest BCUT2D eigenvalue weighted by molar-refractivity contribution is 5.92. The summed E-state index contributed by atoms with van der Waals surface area (Å²) in [5.41, 5.74) is 0.417. The van der Waals surface area contributed by atoms with Crippen LogP contribution >= 0.6 is 0 Å². The first kappa shape index (κ1) is 20.3. The Morgan fingerprint density at radius 2 is 2.26 bits per heavy atom. The van der Waals surface area contributed by atoms with Crippen molar-refractivity contribution in [3.8, 4) is 11.6 Å². The van der Waals surface area contributed by atoms with Gasteiger partial charge in [-0.05, 0) is 24.6 Å². The molecule has 4 rings (SSSR count). The number of aromatic nitrogens is 5. The van der Waals surface area contributed by atoms with Gasteiger partial charge >= 0.3 is 0 Å². The van der Waals surface area contributed by atoms with E-state index in [9.17, 15) is 9.18 Å². The highest BCUT2D eigenvalue weighted by Gasteiger charge is 2.28. The third-order valence-electron chi connectivity index (χ3n) is 4.60. The monoisotopic (exact) mass is 420 g/mol. The Hall–Kier alpha value is -4.01. The van der Waals surface area contributed by atoms with Crippen LogP contribution < -0.4 is 10.1 Å². The van der Waals surface area contributed by atoms with Gasteiger partial charge in [-0.1, -0.05) is 30.9 Å². The van der Waals surface area contributed by atoms with E-state index in [1.807, 2.05) is 25.2 Å². The Bertz CT molecular complexity index is 1180. The van der Waals surface area contributed by atoms with E-state index in [1.54, 1.807) is 41.4 Å². The van der Waals surface area contributed by atoms with Gasteiger partial charge in [-0.3, -0.25) is 14.0 Å². The lowest BCUT2D eigenvalue weighted by Gasteiger charge is -2.15. The molecule has 9 heteroatoms. The molecule has 0 aliphatic carbocycles. The quantitative estimate of drug-likeness (QED) is 0.619. The Balaban J connectivity index is 1.51. The fourth-order valence-corrected chi connectivity index (χ4v) is 3.20. The summed E-state index contributed by atoms with van der Waals surface area (Å²) in [6, 6.07) is 2.94. The van der Waals surface area contributed by atoms with Gasteiger partial charge < -0.3 is 10.1 Å². The Morgan fingerprint density at radius 3 is 3.10 bits per heavy atom. The normalized spacial score (nSPS) is 15.4. The summed E-state index contributed by atoms with van der Waals surface area (Å²) in [6.07, 6.45) is 13.5. The molecular formula is C22H21FN6O2. The van der Waals surface area contributed by atoms with Crippen LogP contribution in [0.15, 0.2) is 73.4 Å². The van der Waals surface area contributed by atoms with Crippen molar-refractivity contribution < 1.29 is 13.9 Å². The highest BCUT2D eigenvalue weighted by atomic mass is 19.1. The number of carbonyl (C=O) groups is 1. The number of allylic oxidation sites excluding steroid dienone is 5. The minimum absolute atomic E-state index is 0.121. The molecule has 8 nitrogen and oxygen atoms in total. The fraction of sp³-hybridized carbons (Fsp3) is 0.182. The maximum Gasteiger partial charge on any atom is 0.275 e. The number of imidazole rings is 1. The molecule has 1 atom stereocenters. The van der Waals surface area contributed by atoms with Gasteiger partial charge in [0.15, 0.2) is 23.1 Å². The van der Waals surface area contributed by atoms with E-state index in [0.29, 0.717) is 17.4 Å². The first-order valence-electron chi connectivity index (χ1n) is 9.69. The molecule has 1 amide bonds. The van der Waals surface area contributed by atoms with E-state index in [2.05, 4.69) is 27.0 Å². The first-order chi connectivity index (χ1) is 15.1. The number of nitrogens with one attached hydrogen (secondary N) is 1. The number of fused-ring (bicyclic) bond motifs is 3. The maximum atomic E-state index is 14.4. The number of hydrogen-bond acceptors (Lipinski definition) is 5. The Morgan fingerprint density at radius 1 is 1.39 bits per heavy atom. The average Bonchev–Trinajstić information content (AvgIpc) is 3.35. The molecule has 1 N–H and O–H groups in total. The summed E-state index contributed by atoms with van der Waals surface area (Å²) < 4.78 is 23.3. The molecule has 0 bridgehead atoms. The van der Waals surface area contributed by atoms with Crippen molar-refractivity contribution in [1.29, 1.82) is 0 Å². The lowest BCUT2D eigenvalue weighted by Crippen LogP contribution is -2.34. The van der Waals surface area contributed by atoms with Crippen LogP contribution in [0.2, 0.25) is 0 Å². The minimum atomic E-state index is -0.717. The summed E-state index contributed by atoms with van der Waals surface area (Å²) in [5, 5.41) is 6.85. The molecule has 0 saturated heterocycles. The van der Waals surface area contributed by atoms with Crippen LogP contribution in [0.25, 0.3) is 5.82 Å². The largest absolute Gasteiger partial charge is 0.487 e. The highest BCUT2D eigenvalue weighted by Crippen LogP contribution is 2.28. The number of pyridine rings is 1. The van der Waals surface area contributed by atoms with Gasteiger partial charge in [-0.25, -0.2) is 14.4 Å². The summed E-state index contributed by atoms with van der Waals surface area (Å²) >= 11 is 0. The van der Waals surface area contributed by atoms with Crippen molar-refractivity contribution in [3.05, 3.63) is 90.7 Å². The SMILES string of the molecule is C=C(/C=C\C=C/C)Cn1cc(F)c(C(=O)N[C@H]2COc3cccnc3-n3ccnc32)n1. The van der Waals surface area contributed by atoms with Crippen molar-refractivity contribution in [2.45, 2.75) is 19.5 Å². The van der Waals surface area contributed by atoms with Crippen LogP contribution in [0.1, 0.15) is 29.3 Å². The molecule has 1 aliphatic rings. The molecule has 0 radical (unpaired) electrons. The predicted molar refractivity (Wildman–Crippen MR) is 112 cm³/mol. The number of ether oxygens (including phenoxy) is 1. The summed E-state index contributed by atoms with van der Waals surface area (Å²) in [4.78, 5) is 21.4. The zero-order valence-electron chi connectivity index (χ0n) is 16.9. The summed E-state index contributed by atoms with van der Waals surface area (Å²) in [6.45, 7) is 6.20. The van der Waals surface area contributed by atoms with E-state index in [0.717, 1.165) is 5.57 Å². The van der Waals surface area contributed by atoms with Crippen molar-refractivity contribution >= 4 is 5.91 Å². The second-order valence-corrected chi connectivity index (χ2v) is 6.88. The van der Waals surface area contributed by atoms with Crippen LogP contribution in [0.5, 0.6) is 5.75 Å². The lowest BCUT2D eigenvalue weighted by atomic mass is 10.2. The molecule has 0 fully saturated rings. The molecule has 31 heavy (non-hydrogen) atoms. The van der Waals surface area contributed by atoms with Crippen LogP contribution in [0, 0.1) is 5.82 Å². The first-order valence-corrected chi connectivity index (χ1v) is 9.69. The third kappa shape index (κ3) is 4.30. The van der Waals surface area contributed by atoms with Gasteiger partial charge in [0, 0.05) is 18.6 Å². The van der Waals surface area contributed by atoms with Crippen LogP contribution in [0.4, 0.5) is 4.39 Å². The number of rotatable bonds is 6. The number of carbonyl (C=O) groups excluding carboxylic acids is 1. The second kappa shape index (κ2) is 8.78. The van der Waals surface area contributed by atoms with Crippen molar-refractivity contribution in [1.82, 2.24) is 29.6 Å². The zero-order valence-corrected chi connectivity index (χ0v) is 16.9. The number of amides is 1. The number of nitrogens with zero attached hydrogens (tertiary/aromatic N) is 5. The number of halogens is 1. The molecular weight excluding hydrogens is 399 g/mol. The molecule has 0 spiro atoms. The topological polar surface area (TPSA) is 86.9 Å². The number of hydrogen-bond donors (Lipinski definition) is 1. The maximum absolute atomic E-state index is 14.4. The smallest absolute Gasteiger partial charge is 0.275 e. The fourth-order valence-electron chi connectivity index (χ4n) is 3.20. The van der Waals surface area contributed by atoms with Crippen molar-refractivity contribution in [3.63, 3.8) is 0 Å². The van der Waals surface area contributed by atoms with E-state index < -0.39 is 17.8 Å². The molecule has 3 aromatic rings. The molecule has 1 aliphatic heterocycles. The standard InChI is InChI=1S/C22H21FN6O2/c1-3-4-5-7-15(2)12-28-13-16(23)19(27-28)22(30)26-17-14-31-18-8-6-9-24-21(18)29-11-10-25-20(17)29/h3-11,13,17H,2,12,14H2,1H3,(H,26,30)/b4-3-,7-5-/t17-/m0/s1. The van der Waals surface area contributed by atoms with Crippen molar-refractivity contribution in [2.24, 2.45) is 0 Å². The molecule has 158 valence electrons. The van der Waals surface area contributed by atoms with Crippen molar-refractivity contribution in [2.75, 3.05) is 6.61 Å². The van der Waals surface area contributed by atoms with E-state index in [4.69, 9.17) is 4.74 Å². The molecule has 0 unspecified atom stereocenters. The third-order valence-corrected chi connectivity index (χ3v) is 4.60. The van der Waals surface area contributed by atoms with Gasteiger partial charge in [0.1, 0.15) is 18.5 Å². The minimum Gasteiger partial charge on any atom is -0.487 e. The van der Waals surface area contributed by atoms with Gasteiger partial charge in [0.05, 0.1) is 12.7 Å². The molecule has 3 aromatic heterocycles. The van der Waals surface area contributed by atoms with E-state index >= 15 is 0 Å². The van der Waals surface area contributed by atoms with Gasteiger partial charge in [-0.2, -0.15) is 5.10 Å². The second-order valence-electron chi connectivity index (χ2n) is 6.88. The lowest BCUT2D eigenvalue weighted by molar-refractivity contribution is 0.0910. The molecule has 4 heterocycles. The molecule has 0 saturated carbocycles. The predicted octanol–water partition coefficient (Wildman–Crippen LogP) is 3.15. The summed E-state index contributed by atoms with van der Waals surface area (Å²) in [5.74, 6) is 0.303. The summed E-state index contributed by atoms with van der Waals surface area (Å²) in [7, 11) is 0. The van der Waals surface area contributed by atoms with E-state index in [1.165, 1.54) is 10.9 Å². The van der Waals surface area contributed by atoms with Gasteiger partial charge in [0.25, 0.3) is 5.91 Å². The average molecular weight is 420 g/mol. The zero-order chi connectivity index (χ0) is 21.8. The Labute approximate surface area is 178 Å². The van der Waals surface area contributed by atoms with Gasteiger partial charge in [0.2, 0.25) is 0 Å². The van der Waals surface area contributed by atoms with Crippen LogP contribution in [-0.4, -0.2) is 36.8 Å². The Kier molecular flexibility index (Phi) is 5.74.